The lowest BCUT2D eigenvalue weighted by atomic mass is 9.96. The van der Waals surface area contributed by atoms with Crippen LogP contribution >= 0.6 is 12.4 Å². The van der Waals surface area contributed by atoms with Crippen molar-refractivity contribution < 1.29 is 8.42 Å². The van der Waals surface area contributed by atoms with Crippen LogP contribution in [0, 0.1) is 0 Å². The highest BCUT2D eigenvalue weighted by atomic mass is 35.5. The second-order valence-corrected chi connectivity index (χ2v) is 8.76. The van der Waals surface area contributed by atoms with Crippen molar-refractivity contribution >= 4 is 28.2 Å². The zero-order chi connectivity index (χ0) is 17.4. The first-order valence-corrected chi connectivity index (χ1v) is 10.5. The molecule has 1 atom stereocenters. The number of halogens is 1. The van der Waals surface area contributed by atoms with Gasteiger partial charge in [-0.05, 0) is 19.4 Å². The Morgan fingerprint density at radius 1 is 1.31 bits per heavy atom. The molecule has 1 unspecified atom stereocenters. The van der Waals surface area contributed by atoms with Crippen LogP contribution in [0.25, 0.3) is 0 Å². The van der Waals surface area contributed by atoms with Gasteiger partial charge in [0.1, 0.15) is 4.90 Å². The van der Waals surface area contributed by atoms with Gasteiger partial charge in [-0.3, -0.25) is 5.10 Å². The minimum atomic E-state index is -3.36. The third-order valence-corrected chi connectivity index (χ3v) is 6.05. The van der Waals surface area contributed by atoms with Gasteiger partial charge in [0.05, 0.1) is 18.1 Å². The first-order chi connectivity index (χ1) is 12.0. The van der Waals surface area contributed by atoms with E-state index in [0.717, 1.165) is 50.2 Å². The molecule has 26 heavy (non-hydrogen) atoms. The van der Waals surface area contributed by atoms with E-state index in [0.29, 0.717) is 18.2 Å². The maximum absolute atomic E-state index is 12.2. The highest BCUT2D eigenvalue weighted by molar-refractivity contribution is 7.90. The number of H-pyrrole nitrogens is 1. The molecule has 2 aromatic rings. The highest BCUT2D eigenvalue weighted by Gasteiger charge is 2.27. The summed E-state index contributed by atoms with van der Waals surface area (Å²) in [5.41, 5.74) is 2.95. The van der Waals surface area contributed by atoms with Crippen molar-refractivity contribution in [2.24, 2.45) is 0 Å². The van der Waals surface area contributed by atoms with Gasteiger partial charge in [-0.2, -0.15) is 5.10 Å². The summed E-state index contributed by atoms with van der Waals surface area (Å²) in [5.74, 6) is 0.703. The molecule has 0 aromatic carbocycles. The van der Waals surface area contributed by atoms with Crippen LogP contribution in [0.3, 0.4) is 0 Å². The minimum absolute atomic E-state index is 0. The molecule has 4 heterocycles. The molecule has 2 aliphatic heterocycles. The van der Waals surface area contributed by atoms with Crippen LogP contribution < -0.4 is 10.2 Å². The normalized spacial score (nSPS) is 20.3. The van der Waals surface area contributed by atoms with Crippen LogP contribution in [0.15, 0.2) is 17.3 Å². The molecule has 0 saturated carbocycles. The number of piperidine rings is 1. The number of hydrogen-bond donors (Lipinski definition) is 2. The molecule has 0 amide bonds. The number of hydrogen-bond acceptors (Lipinski definition) is 7. The average molecular weight is 399 g/mol. The first-order valence-electron chi connectivity index (χ1n) is 8.56. The summed E-state index contributed by atoms with van der Waals surface area (Å²) < 4.78 is 24.4. The van der Waals surface area contributed by atoms with Gasteiger partial charge in [0.25, 0.3) is 0 Å². The molecule has 2 N–H and O–H groups in total. The Morgan fingerprint density at radius 2 is 2.15 bits per heavy atom. The van der Waals surface area contributed by atoms with E-state index < -0.39 is 9.84 Å². The van der Waals surface area contributed by atoms with Gasteiger partial charge in [0.2, 0.25) is 5.95 Å². The SMILES string of the molecule is CS(=O)(=O)c1cnc(N2CCc3[nH]ncc3C2)nc1C1CCCNC1.Cl. The number of anilines is 1. The van der Waals surface area contributed by atoms with Gasteiger partial charge in [0.15, 0.2) is 9.84 Å². The molecule has 0 bridgehead atoms. The predicted molar refractivity (Wildman–Crippen MR) is 101 cm³/mol. The second kappa shape index (κ2) is 7.50. The van der Waals surface area contributed by atoms with E-state index in [1.165, 1.54) is 12.5 Å². The predicted octanol–water partition coefficient (Wildman–Crippen LogP) is 1.05. The topological polar surface area (TPSA) is 104 Å². The molecule has 2 aliphatic rings. The number of nitrogens with one attached hydrogen (secondary N) is 2. The summed E-state index contributed by atoms with van der Waals surface area (Å²) in [5, 5.41) is 10.4. The van der Waals surface area contributed by atoms with Crippen LogP contribution in [0.5, 0.6) is 0 Å². The van der Waals surface area contributed by atoms with Gasteiger partial charge >= 0.3 is 0 Å². The van der Waals surface area contributed by atoms with Gasteiger partial charge in [0, 0.05) is 49.5 Å². The summed E-state index contributed by atoms with van der Waals surface area (Å²) in [6.07, 6.45) is 7.36. The third-order valence-electron chi connectivity index (χ3n) is 4.94. The van der Waals surface area contributed by atoms with Crippen LogP contribution in [0.2, 0.25) is 0 Å². The van der Waals surface area contributed by atoms with Crippen LogP contribution in [-0.2, 0) is 22.8 Å². The Labute approximate surface area is 159 Å². The number of rotatable bonds is 3. The van der Waals surface area contributed by atoms with Gasteiger partial charge in [-0.1, -0.05) is 0 Å². The quantitative estimate of drug-likeness (QED) is 0.796. The van der Waals surface area contributed by atoms with Crippen molar-refractivity contribution in [1.29, 1.82) is 0 Å². The van der Waals surface area contributed by atoms with Gasteiger partial charge < -0.3 is 10.2 Å². The molecule has 8 nitrogen and oxygen atoms in total. The largest absolute Gasteiger partial charge is 0.336 e. The summed E-state index contributed by atoms with van der Waals surface area (Å²) >= 11 is 0. The fourth-order valence-electron chi connectivity index (χ4n) is 3.58. The molecular weight excluding hydrogens is 376 g/mol. The van der Waals surface area contributed by atoms with E-state index in [1.54, 1.807) is 0 Å². The van der Waals surface area contributed by atoms with Gasteiger partial charge in [-0.25, -0.2) is 18.4 Å². The number of nitrogens with zero attached hydrogens (tertiary/aromatic N) is 4. The summed E-state index contributed by atoms with van der Waals surface area (Å²) in [4.78, 5) is 11.4. The molecule has 0 spiro atoms. The van der Waals surface area contributed by atoms with Crippen molar-refractivity contribution in [3.63, 3.8) is 0 Å². The fourth-order valence-corrected chi connectivity index (χ4v) is 4.42. The third kappa shape index (κ3) is 3.70. The molecule has 142 valence electrons. The molecule has 10 heteroatoms. The lowest BCUT2D eigenvalue weighted by Crippen LogP contribution is -2.33. The van der Waals surface area contributed by atoms with Crippen molar-refractivity contribution in [1.82, 2.24) is 25.5 Å². The first kappa shape index (κ1) is 19.1. The second-order valence-electron chi connectivity index (χ2n) is 6.78. The lowest BCUT2D eigenvalue weighted by molar-refractivity contribution is 0.447. The summed E-state index contributed by atoms with van der Waals surface area (Å²) in [6.45, 7) is 3.20. The van der Waals surface area contributed by atoms with E-state index in [-0.39, 0.29) is 23.2 Å². The van der Waals surface area contributed by atoms with Crippen molar-refractivity contribution in [2.45, 2.75) is 36.6 Å². The molecule has 2 aromatic heterocycles. The molecule has 4 rings (SSSR count). The van der Waals surface area contributed by atoms with Crippen molar-refractivity contribution in [3.05, 3.63) is 29.3 Å². The Morgan fingerprint density at radius 3 is 2.88 bits per heavy atom. The average Bonchev–Trinajstić information content (AvgIpc) is 3.09. The van der Waals surface area contributed by atoms with E-state index in [2.05, 4.69) is 25.4 Å². The summed E-state index contributed by atoms with van der Waals surface area (Å²) in [6, 6.07) is 0. The Kier molecular flexibility index (Phi) is 5.50. The summed E-state index contributed by atoms with van der Waals surface area (Å²) in [7, 11) is -3.36. The van der Waals surface area contributed by atoms with Crippen LogP contribution in [-0.4, -0.2) is 54.5 Å². The number of aromatic nitrogens is 4. The number of sulfone groups is 1. The van der Waals surface area contributed by atoms with E-state index in [4.69, 9.17) is 4.98 Å². The Hall–Kier alpha value is -1.71. The zero-order valence-corrected chi connectivity index (χ0v) is 16.2. The van der Waals surface area contributed by atoms with Crippen LogP contribution in [0.4, 0.5) is 5.95 Å². The maximum atomic E-state index is 12.2. The Balaban J connectivity index is 0.00000196. The van der Waals surface area contributed by atoms with Crippen molar-refractivity contribution in [2.75, 3.05) is 30.8 Å². The molecule has 0 aliphatic carbocycles. The monoisotopic (exact) mass is 398 g/mol. The van der Waals surface area contributed by atoms with E-state index in [1.807, 2.05) is 6.20 Å². The molecule has 1 fully saturated rings. The van der Waals surface area contributed by atoms with E-state index >= 15 is 0 Å². The lowest BCUT2D eigenvalue weighted by Gasteiger charge is -2.29. The van der Waals surface area contributed by atoms with Crippen molar-refractivity contribution in [3.8, 4) is 0 Å². The Bertz CT molecular complexity index is 879. The number of fused-ring (bicyclic) bond motifs is 1. The molecule has 0 radical (unpaired) electrons. The maximum Gasteiger partial charge on any atom is 0.225 e. The van der Waals surface area contributed by atoms with E-state index in [9.17, 15) is 8.42 Å². The van der Waals surface area contributed by atoms with Crippen LogP contribution in [0.1, 0.15) is 35.7 Å². The highest BCUT2D eigenvalue weighted by Crippen LogP contribution is 2.29. The minimum Gasteiger partial charge on any atom is -0.336 e. The zero-order valence-electron chi connectivity index (χ0n) is 14.6. The fraction of sp³-hybridized carbons (Fsp3) is 0.562. The number of aromatic amines is 1. The molecule has 1 saturated heterocycles. The standard InChI is InChI=1S/C16H22N6O2S.ClH/c1-25(23,24)14-9-18-16(20-15(14)11-3-2-5-17-7-11)22-6-4-13-12(10-22)8-19-21-13;/h8-9,11,17H,2-7,10H2,1H3,(H,19,21);1H. The van der Waals surface area contributed by atoms with Gasteiger partial charge in [-0.15, -0.1) is 12.4 Å². The molecular formula is C16H23ClN6O2S. The smallest absolute Gasteiger partial charge is 0.225 e.